The third kappa shape index (κ3) is 3.85. The van der Waals surface area contributed by atoms with E-state index in [1.807, 2.05) is 36.4 Å². The fourth-order valence-corrected chi connectivity index (χ4v) is 3.42. The molecule has 3 rings (SSSR count). The highest BCUT2D eigenvalue weighted by molar-refractivity contribution is 5.95. The number of pyridine rings is 1. The van der Waals surface area contributed by atoms with Gasteiger partial charge in [0.25, 0.3) is 11.5 Å². The summed E-state index contributed by atoms with van der Waals surface area (Å²) in [5.41, 5.74) is 1.83. The summed E-state index contributed by atoms with van der Waals surface area (Å²) in [6.45, 7) is 3.34. The Morgan fingerprint density at radius 1 is 1.27 bits per heavy atom. The zero-order valence-corrected chi connectivity index (χ0v) is 15.0. The van der Waals surface area contributed by atoms with E-state index in [4.69, 9.17) is 5.26 Å². The molecule has 0 bridgehead atoms. The maximum atomic E-state index is 12.9. The minimum atomic E-state index is -0.249. The predicted molar refractivity (Wildman–Crippen MR) is 99.8 cm³/mol. The van der Waals surface area contributed by atoms with Gasteiger partial charge in [-0.1, -0.05) is 30.3 Å². The van der Waals surface area contributed by atoms with Crippen LogP contribution >= 0.6 is 0 Å². The molecular formula is C21H23N3O2. The molecule has 0 saturated carbocycles. The Morgan fingerprint density at radius 2 is 2.04 bits per heavy atom. The number of benzene rings is 1. The van der Waals surface area contributed by atoms with Crippen molar-refractivity contribution in [2.24, 2.45) is 5.92 Å². The van der Waals surface area contributed by atoms with Crippen LogP contribution in [0, 0.1) is 24.2 Å². The smallest absolute Gasteiger partial charge is 0.263 e. The highest BCUT2D eigenvalue weighted by atomic mass is 16.2. The molecule has 5 nitrogen and oxygen atoms in total. The molecule has 1 aliphatic heterocycles. The Hall–Kier alpha value is -2.87. The Bertz CT molecular complexity index is 880. The molecule has 26 heavy (non-hydrogen) atoms. The number of amides is 1. The van der Waals surface area contributed by atoms with Gasteiger partial charge in [-0.3, -0.25) is 9.59 Å². The van der Waals surface area contributed by atoms with Crippen LogP contribution in [0.2, 0.25) is 0 Å². The number of nitriles is 1. The van der Waals surface area contributed by atoms with Gasteiger partial charge in [-0.2, -0.15) is 5.26 Å². The van der Waals surface area contributed by atoms with Gasteiger partial charge in [-0.05, 0) is 43.4 Å². The van der Waals surface area contributed by atoms with Gasteiger partial charge in [0.15, 0.2) is 0 Å². The maximum Gasteiger partial charge on any atom is 0.263 e. The zero-order valence-electron chi connectivity index (χ0n) is 15.0. The van der Waals surface area contributed by atoms with Crippen LogP contribution in [0.3, 0.4) is 0 Å². The third-order valence-corrected chi connectivity index (χ3v) is 4.96. The minimum Gasteiger partial charge on any atom is -0.337 e. The van der Waals surface area contributed by atoms with Crippen molar-refractivity contribution in [3.05, 3.63) is 69.6 Å². The van der Waals surface area contributed by atoms with Crippen LogP contribution in [-0.4, -0.2) is 28.5 Å². The van der Waals surface area contributed by atoms with E-state index in [2.05, 4.69) is 6.07 Å². The van der Waals surface area contributed by atoms with Gasteiger partial charge in [-0.15, -0.1) is 0 Å². The van der Waals surface area contributed by atoms with E-state index < -0.39 is 0 Å². The molecule has 1 unspecified atom stereocenters. The lowest BCUT2D eigenvalue weighted by molar-refractivity contribution is 0.0695. The lowest BCUT2D eigenvalue weighted by Crippen LogP contribution is -2.42. The number of aromatic nitrogens is 1. The first kappa shape index (κ1) is 17.9. The van der Waals surface area contributed by atoms with Gasteiger partial charge in [0.05, 0.1) is 12.0 Å². The van der Waals surface area contributed by atoms with Crippen LogP contribution in [0.4, 0.5) is 0 Å². The normalized spacial score (nSPS) is 16.9. The predicted octanol–water partition coefficient (Wildman–Crippen LogP) is 2.78. The first-order chi connectivity index (χ1) is 12.6. The topological polar surface area (TPSA) is 66.1 Å². The van der Waals surface area contributed by atoms with Crippen molar-refractivity contribution < 1.29 is 4.79 Å². The van der Waals surface area contributed by atoms with E-state index in [0.717, 1.165) is 24.8 Å². The van der Waals surface area contributed by atoms with Crippen LogP contribution in [-0.2, 0) is 13.0 Å². The Kier molecular flexibility index (Phi) is 5.52. The molecule has 5 heteroatoms. The molecule has 2 aromatic rings. The summed E-state index contributed by atoms with van der Waals surface area (Å²) < 4.78 is 1.61. The number of nitrogens with zero attached hydrogens (tertiary/aromatic N) is 3. The summed E-state index contributed by atoms with van der Waals surface area (Å²) in [6, 6.07) is 14.0. The van der Waals surface area contributed by atoms with Gasteiger partial charge < -0.3 is 9.47 Å². The summed E-state index contributed by atoms with van der Waals surface area (Å²) in [6.07, 6.45) is 4.11. The van der Waals surface area contributed by atoms with Gasteiger partial charge in [0.2, 0.25) is 0 Å². The van der Waals surface area contributed by atoms with Crippen molar-refractivity contribution in [1.82, 2.24) is 9.47 Å². The Morgan fingerprint density at radius 3 is 2.77 bits per heavy atom. The molecular weight excluding hydrogens is 326 g/mol. The quantitative estimate of drug-likeness (QED) is 0.852. The van der Waals surface area contributed by atoms with E-state index >= 15 is 0 Å². The van der Waals surface area contributed by atoms with E-state index in [1.54, 1.807) is 22.6 Å². The highest BCUT2D eigenvalue weighted by Crippen LogP contribution is 2.18. The van der Waals surface area contributed by atoms with Crippen molar-refractivity contribution in [2.45, 2.75) is 32.7 Å². The number of aryl methyl sites for hydroxylation is 3. The van der Waals surface area contributed by atoms with Crippen molar-refractivity contribution in [1.29, 1.82) is 5.26 Å². The number of rotatable bonds is 4. The average molecular weight is 349 g/mol. The van der Waals surface area contributed by atoms with Gasteiger partial charge in [0, 0.05) is 25.8 Å². The van der Waals surface area contributed by atoms with Crippen LogP contribution in [0.15, 0.2) is 47.4 Å². The molecule has 1 amide bonds. The van der Waals surface area contributed by atoms with Gasteiger partial charge >= 0.3 is 0 Å². The number of likely N-dealkylation sites (tertiary alicyclic amines) is 1. The minimum absolute atomic E-state index is 0.142. The third-order valence-electron chi connectivity index (χ3n) is 4.96. The number of piperidine rings is 1. The zero-order chi connectivity index (χ0) is 18.5. The van der Waals surface area contributed by atoms with Crippen LogP contribution in [0.1, 0.15) is 34.3 Å². The molecule has 1 fully saturated rings. The molecule has 1 aromatic carbocycles. The summed E-state index contributed by atoms with van der Waals surface area (Å²) in [4.78, 5) is 27.5. The second-order valence-corrected chi connectivity index (χ2v) is 6.83. The summed E-state index contributed by atoms with van der Waals surface area (Å²) in [7, 11) is 0. The van der Waals surface area contributed by atoms with Crippen LogP contribution < -0.4 is 5.56 Å². The average Bonchev–Trinajstić information content (AvgIpc) is 2.68. The highest BCUT2D eigenvalue weighted by Gasteiger charge is 2.27. The van der Waals surface area contributed by atoms with E-state index in [1.165, 1.54) is 0 Å². The molecule has 0 spiro atoms. The number of carbonyl (C=O) groups excluding carboxylic acids is 1. The monoisotopic (exact) mass is 349 g/mol. The Balaban J connectivity index is 1.82. The SMILES string of the molecule is Cc1ccn(CCc2ccccc2)c(=O)c1C(=O)N1CCCC(C#N)C1. The molecule has 1 saturated heterocycles. The second kappa shape index (κ2) is 8.01. The number of carbonyl (C=O) groups is 1. The molecule has 0 aliphatic carbocycles. The number of hydrogen-bond acceptors (Lipinski definition) is 3. The standard InChI is InChI=1S/C21H23N3O2/c1-16-9-12-23(13-10-17-6-3-2-4-7-17)20(25)19(16)21(26)24-11-5-8-18(14-22)15-24/h2-4,6-7,9,12,18H,5,8,10-11,13,15H2,1H3. The lowest BCUT2D eigenvalue weighted by atomic mass is 9.98. The maximum absolute atomic E-state index is 12.9. The van der Waals surface area contributed by atoms with E-state index in [-0.39, 0.29) is 22.9 Å². The molecule has 1 atom stereocenters. The molecule has 1 aromatic heterocycles. The number of hydrogen-bond donors (Lipinski definition) is 0. The molecule has 134 valence electrons. The van der Waals surface area contributed by atoms with Crippen molar-refractivity contribution in [3.8, 4) is 6.07 Å². The first-order valence-electron chi connectivity index (χ1n) is 9.03. The van der Waals surface area contributed by atoms with Gasteiger partial charge in [0.1, 0.15) is 5.56 Å². The van der Waals surface area contributed by atoms with Crippen LogP contribution in [0.25, 0.3) is 0 Å². The van der Waals surface area contributed by atoms with Crippen LogP contribution in [0.5, 0.6) is 0 Å². The summed E-state index contributed by atoms with van der Waals surface area (Å²) >= 11 is 0. The fraction of sp³-hybridized carbons (Fsp3) is 0.381. The molecule has 0 N–H and O–H groups in total. The van der Waals surface area contributed by atoms with Crippen molar-refractivity contribution in [2.75, 3.05) is 13.1 Å². The van der Waals surface area contributed by atoms with E-state index in [0.29, 0.717) is 25.2 Å². The van der Waals surface area contributed by atoms with Crippen molar-refractivity contribution >= 4 is 5.91 Å². The summed E-state index contributed by atoms with van der Waals surface area (Å²) in [5.74, 6) is -0.390. The van der Waals surface area contributed by atoms with Gasteiger partial charge in [-0.25, -0.2) is 0 Å². The van der Waals surface area contributed by atoms with E-state index in [9.17, 15) is 9.59 Å². The molecule has 1 aliphatic rings. The fourth-order valence-electron chi connectivity index (χ4n) is 3.42. The lowest BCUT2D eigenvalue weighted by Gasteiger charge is -2.30. The molecule has 2 heterocycles. The summed E-state index contributed by atoms with van der Waals surface area (Å²) in [5, 5.41) is 9.14. The Labute approximate surface area is 153 Å². The largest absolute Gasteiger partial charge is 0.337 e. The molecule has 0 radical (unpaired) electrons. The second-order valence-electron chi connectivity index (χ2n) is 6.83. The van der Waals surface area contributed by atoms with Crippen molar-refractivity contribution in [3.63, 3.8) is 0 Å². The first-order valence-corrected chi connectivity index (χ1v) is 9.03.